The Kier molecular flexibility index (Phi) is 7.95. The van der Waals surface area contributed by atoms with Crippen LogP contribution in [0.1, 0.15) is 34.6 Å². The number of nitrogens with one attached hydrogen (secondary N) is 2. The van der Waals surface area contributed by atoms with E-state index in [-0.39, 0.29) is 30.1 Å². The van der Waals surface area contributed by atoms with E-state index < -0.39 is 11.9 Å². The Labute approximate surface area is 192 Å². The molecule has 0 saturated carbocycles. The molecule has 2 amide bonds. The van der Waals surface area contributed by atoms with Gasteiger partial charge in [-0.1, -0.05) is 53.4 Å². The second kappa shape index (κ2) is 10.9. The first kappa shape index (κ1) is 23.4. The number of thioether (sulfide) groups is 1. The zero-order valence-corrected chi connectivity index (χ0v) is 19.4. The number of nitrogens with zero attached hydrogens (tertiary/aromatic N) is 4. The molecule has 10 nitrogen and oxygen atoms in total. The average molecular weight is 475 g/mol. The van der Waals surface area contributed by atoms with Crippen molar-refractivity contribution in [1.82, 2.24) is 20.0 Å². The number of carbonyl (C=O) groups excluding carboxylic acids is 3. The van der Waals surface area contributed by atoms with Gasteiger partial charge in [0.15, 0.2) is 10.0 Å². The summed E-state index contributed by atoms with van der Waals surface area (Å²) in [6.07, 6.45) is -0.125. The zero-order chi connectivity index (χ0) is 23.1. The molecular weight excluding hydrogens is 452 g/mol. The third-order valence-electron chi connectivity index (χ3n) is 4.41. The smallest absolute Gasteiger partial charge is 0.360 e. The molecule has 0 aliphatic carbocycles. The highest BCUT2D eigenvalue weighted by Crippen LogP contribution is 2.28. The second-order valence-corrected chi connectivity index (χ2v) is 8.87. The van der Waals surface area contributed by atoms with Crippen molar-refractivity contribution in [2.75, 3.05) is 17.7 Å². The van der Waals surface area contributed by atoms with E-state index in [1.165, 1.54) is 40.5 Å². The number of anilines is 2. The molecule has 0 bridgehead atoms. The topological polar surface area (TPSA) is 128 Å². The Hall–Kier alpha value is -3.25. The van der Waals surface area contributed by atoms with Gasteiger partial charge in [0, 0.05) is 25.6 Å². The van der Waals surface area contributed by atoms with Crippen LogP contribution in [0.3, 0.4) is 0 Å². The molecule has 2 aromatic heterocycles. The molecule has 32 heavy (non-hydrogen) atoms. The number of hydrogen-bond acceptors (Lipinski definition) is 9. The molecule has 0 unspecified atom stereocenters. The molecule has 0 aliphatic heterocycles. The summed E-state index contributed by atoms with van der Waals surface area (Å²) in [5.41, 5.74) is 2.05. The van der Waals surface area contributed by atoms with Gasteiger partial charge in [-0.25, -0.2) is 4.79 Å². The normalized spacial score (nSPS) is 10.6. The first-order valence-corrected chi connectivity index (χ1v) is 11.4. The van der Waals surface area contributed by atoms with Crippen molar-refractivity contribution in [3.05, 3.63) is 47.3 Å². The number of esters is 1. The van der Waals surface area contributed by atoms with Crippen molar-refractivity contribution in [2.24, 2.45) is 7.05 Å². The van der Waals surface area contributed by atoms with Gasteiger partial charge in [-0.05, 0) is 12.5 Å². The fraction of sp³-hybridized carbons (Fsp3) is 0.300. The third kappa shape index (κ3) is 6.14. The highest BCUT2D eigenvalue weighted by atomic mass is 32.2. The van der Waals surface area contributed by atoms with Gasteiger partial charge in [0.2, 0.25) is 16.9 Å². The number of hydrogen-bond donors (Lipinski definition) is 2. The molecule has 0 spiro atoms. The van der Waals surface area contributed by atoms with E-state index in [0.717, 1.165) is 10.1 Å². The summed E-state index contributed by atoms with van der Waals surface area (Å²) in [4.78, 5) is 36.4. The van der Waals surface area contributed by atoms with Crippen LogP contribution in [-0.2, 0) is 27.1 Å². The summed E-state index contributed by atoms with van der Waals surface area (Å²) in [7, 11) is 2.89. The fourth-order valence-electron chi connectivity index (χ4n) is 2.65. The molecule has 0 saturated heterocycles. The summed E-state index contributed by atoms with van der Waals surface area (Å²) in [5, 5.41) is 17.8. The van der Waals surface area contributed by atoms with Crippen LogP contribution in [0, 0.1) is 6.92 Å². The molecule has 3 aromatic rings. The number of benzene rings is 1. The molecular formula is C20H22N6O4S2. The monoisotopic (exact) mass is 474 g/mol. The molecule has 3 rings (SSSR count). The highest BCUT2D eigenvalue weighted by Gasteiger charge is 2.22. The number of methoxy groups -OCH3 is 1. The van der Waals surface area contributed by atoms with E-state index in [2.05, 4.69) is 25.9 Å². The molecule has 0 atom stereocenters. The Balaban J connectivity index is 1.48. The maximum Gasteiger partial charge on any atom is 0.360 e. The number of aromatic nitrogens is 4. The molecule has 168 valence electrons. The number of ether oxygens (including phenoxy) is 1. The summed E-state index contributed by atoms with van der Waals surface area (Å²) in [6, 6.07) is 9.97. The minimum Gasteiger partial charge on any atom is -0.464 e. The number of rotatable bonds is 9. The maximum atomic E-state index is 12.3. The molecule has 1 aromatic carbocycles. The Morgan fingerprint density at radius 3 is 2.47 bits per heavy atom. The Bertz CT molecular complexity index is 1110. The largest absolute Gasteiger partial charge is 0.464 e. The van der Waals surface area contributed by atoms with Gasteiger partial charge in [-0.15, -0.1) is 10.2 Å². The summed E-state index contributed by atoms with van der Waals surface area (Å²) < 4.78 is 6.90. The van der Waals surface area contributed by atoms with Crippen LogP contribution < -0.4 is 10.6 Å². The summed E-state index contributed by atoms with van der Waals surface area (Å²) >= 11 is 2.81. The molecule has 12 heteroatoms. The maximum absolute atomic E-state index is 12.3. The molecule has 0 fully saturated rings. The van der Waals surface area contributed by atoms with Crippen molar-refractivity contribution in [2.45, 2.75) is 29.9 Å². The van der Waals surface area contributed by atoms with Crippen LogP contribution in [0.4, 0.5) is 10.8 Å². The van der Waals surface area contributed by atoms with E-state index in [9.17, 15) is 14.4 Å². The first-order valence-electron chi connectivity index (χ1n) is 9.59. The van der Waals surface area contributed by atoms with Crippen molar-refractivity contribution in [3.63, 3.8) is 0 Å². The fourth-order valence-corrected chi connectivity index (χ4v) is 4.37. The standard InChI is InChI=1S/C20H22N6O4S2/c1-12-16(17(18(29)30-3)25-26(12)2)21-14(27)9-10-15(28)22-19-23-24-20(32-19)31-11-13-7-5-4-6-8-13/h4-8H,9-11H2,1-3H3,(H,21,27)(H,22,23,28). The van der Waals surface area contributed by atoms with E-state index in [1.54, 1.807) is 14.0 Å². The number of aryl methyl sites for hydroxylation is 1. The van der Waals surface area contributed by atoms with Gasteiger partial charge in [-0.3, -0.25) is 14.3 Å². The van der Waals surface area contributed by atoms with Crippen LogP contribution in [0.5, 0.6) is 0 Å². The second-order valence-electron chi connectivity index (χ2n) is 6.67. The van der Waals surface area contributed by atoms with Crippen LogP contribution in [0.25, 0.3) is 0 Å². The molecule has 2 N–H and O–H groups in total. The van der Waals surface area contributed by atoms with Crippen LogP contribution in [0.15, 0.2) is 34.7 Å². The highest BCUT2D eigenvalue weighted by molar-refractivity contribution is 8.00. The minimum absolute atomic E-state index is 0.0136. The van der Waals surface area contributed by atoms with Gasteiger partial charge in [0.05, 0.1) is 18.5 Å². The van der Waals surface area contributed by atoms with Gasteiger partial charge < -0.3 is 15.4 Å². The van der Waals surface area contributed by atoms with Gasteiger partial charge in [0.1, 0.15) is 0 Å². The van der Waals surface area contributed by atoms with Crippen molar-refractivity contribution < 1.29 is 19.1 Å². The quantitative estimate of drug-likeness (QED) is 0.275. The number of amides is 2. The predicted molar refractivity (Wildman–Crippen MR) is 122 cm³/mol. The molecule has 0 radical (unpaired) electrons. The van der Waals surface area contributed by atoms with Crippen LogP contribution in [0.2, 0.25) is 0 Å². The minimum atomic E-state index is -0.654. The van der Waals surface area contributed by atoms with E-state index in [4.69, 9.17) is 4.74 Å². The molecule has 2 heterocycles. The first-order chi connectivity index (χ1) is 15.4. The van der Waals surface area contributed by atoms with Gasteiger partial charge in [0.25, 0.3) is 0 Å². The Morgan fingerprint density at radius 2 is 1.78 bits per heavy atom. The van der Waals surface area contributed by atoms with Crippen molar-refractivity contribution in [1.29, 1.82) is 0 Å². The lowest BCUT2D eigenvalue weighted by atomic mass is 10.2. The predicted octanol–water partition coefficient (Wildman–Crippen LogP) is 3.02. The number of carbonyl (C=O) groups is 3. The third-order valence-corrected chi connectivity index (χ3v) is 6.46. The lowest BCUT2D eigenvalue weighted by Crippen LogP contribution is -2.18. The van der Waals surface area contributed by atoms with E-state index in [1.807, 2.05) is 30.3 Å². The van der Waals surface area contributed by atoms with Crippen molar-refractivity contribution in [3.8, 4) is 0 Å². The lowest BCUT2D eigenvalue weighted by molar-refractivity contribution is -0.121. The molecule has 0 aliphatic rings. The SMILES string of the molecule is COC(=O)c1nn(C)c(C)c1NC(=O)CCC(=O)Nc1nnc(SCc2ccccc2)s1. The lowest BCUT2D eigenvalue weighted by Gasteiger charge is -2.06. The zero-order valence-electron chi connectivity index (χ0n) is 17.7. The van der Waals surface area contributed by atoms with Crippen LogP contribution in [-0.4, -0.2) is 44.9 Å². The van der Waals surface area contributed by atoms with Gasteiger partial charge >= 0.3 is 5.97 Å². The average Bonchev–Trinajstić information content (AvgIpc) is 3.35. The summed E-state index contributed by atoms with van der Waals surface area (Å²) in [5.74, 6) is -0.672. The summed E-state index contributed by atoms with van der Waals surface area (Å²) in [6.45, 7) is 1.71. The van der Waals surface area contributed by atoms with E-state index in [0.29, 0.717) is 10.8 Å². The van der Waals surface area contributed by atoms with Crippen molar-refractivity contribution >= 4 is 51.7 Å². The van der Waals surface area contributed by atoms with E-state index >= 15 is 0 Å². The van der Waals surface area contributed by atoms with Gasteiger partial charge in [-0.2, -0.15) is 5.10 Å². The van der Waals surface area contributed by atoms with Crippen LogP contribution >= 0.6 is 23.1 Å². The Morgan fingerprint density at radius 1 is 1.09 bits per heavy atom.